The molecule has 0 bridgehead atoms. The van der Waals surface area contributed by atoms with Crippen LogP contribution in [0.3, 0.4) is 0 Å². The van der Waals surface area contributed by atoms with Crippen molar-refractivity contribution in [2.75, 3.05) is 5.32 Å². The molecular formula is C24H29NO3. The Hall–Kier alpha value is -2.62. The van der Waals surface area contributed by atoms with Gasteiger partial charge in [0.25, 0.3) is 0 Å². The van der Waals surface area contributed by atoms with Crippen LogP contribution in [0, 0.1) is 5.92 Å². The second-order valence-corrected chi connectivity index (χ2v) is 7.67. The van der Waals surface area contributed by atoms with Crippen LogP contribution < -0.4 is 5.32 Å². The third-order valence-corrected chi connectivity index (χ3v) is 5.67. The van der Waals surface area contributed by atoms with Gasteiger partial charge in [-0.25, -0.2) is 4.79 Å². The molecule has 3 rings (SSSR count). The first kappa shape index (κ1) is 20.1. The molecule has 4 nitrogen and oxygen atoms in total. The minimum absolute atomic E-state index is 0.00648. The van der Waals surface area contributed by atoms with Crippen LogP contribution >= 0.6 is 0 Å². The van der Waals surface area contributed by atoms with Crippen LogP contribution in [-0.4, -0.2) is 18.0 Å². The molecule has 148 valence electrons. The summed E-state index contributed by atoms with van der Waals surface area (Å²) in [6.45, 7) is 3.88. The Bertz CT molecular complexity index is 777. The summed E-state index contributed by atoms with van der Waals surface area (Å²) in [5.74, 6) is 0.233. The molecule has 28 heavy (non-hydrogen) atoms. The third kappa shape index (κ3) is 5.22. The van der Waals surface area contributed by atoms with Crippen LogP contribution in [0.15, 0.2) is 54.6 Å². The van der Waals surface area contributed by atoms with Gasteiger partial charge in [-0.2, -0.15) is 0 Å². The van der Waals surface area contributed by atoms with Gasteiger partial charge in [-0.3, -0.25) is 4.79 Å². The number of anilines is 1. The number of hydrogen-bond acceptors (Lipinski definition) is 3. The lowest BCUT2D eigenvalue weighted by Crippen LogP contribution is -2.24. The van der Waals surface area contributed by atoms with Gasteiger partial charge in [0.05, 0.1) is 5.56 Å². The predicted octanol–water partition coefficient (Wildman–Crippen LogP) is 5.55. The van der Waals surface area contributed by atoms with Crippen LogP contribution in [0.4, 0.5) is 5.69 Å². The summed E-state index contributed by atoms with van der Waals surface area (Å²) in [5.41, 5.74) is 2.60. The Morgan fingerprint density at radius 2 is 1.64 bits per heavy atom. The summed E-state index contributed by atoms with van der Waals surface area (Å²) >= 11 is 0. The number of amides is 1. The van der Waals surface area contributed by atoms with Crippen molar-refractivity contribution in [1.82, 2.24) is 0 Å². The van der Waals surface area contributed by atoms with Gasteiger partial charge in [-0.1, -0.05) is 44.2 Å². The van der Waals surface area contributed by atoms with E-state index in [0.29, 0.717) is 17.2 Å². The highest BCUT2D eigenvalue weighted by Gasteiger charge is 2.25. The lowest BCUT2D eigenvalue weighted by molar-refractivity contribution is -0.119. The maximum atomic E-state index is 12.4. The molecule has 1 atom stereocenters. The van der Waals surface area contributed by atoms with Gasteiger partial charge in [-0.05, 0) is 67.9 Å². The second kappa shape index (κ2) is 9.54. The fraction of sp³-hybridized carbons (Fsp3) is 0.417. The first-order chi connectivity index (χ1) is 13.6. The van der Waals surface area contributed by atoms with E-state index in [1.165, 1.54) is 5.56 Å². The molecule has 0 radical (unpaired) electrons. The first-order valence-electron chi connectivity index (χ1n) is 10.2. The molecule has 0 aliphatic heterocycles. The molecule has 2 aromatic rings. The highest BCUT2D eigenvalue weighted by Crippen LogP contribution is 2.34. The lowest BCUT2D eigenvalue weighted by atomic mass is 9.83. The number of benzene rings is 2. The van der Waals surface area contributed by atoms with E-state index in [1.54, 1.807) is 24.3 Å². The number of hydrogen-bond donors (Lipinski definition) is 1. The fourth-order valence-corrected chi connectivity index (χ4v) is 3.60. The Kier molecular flexibility index (Phi) is 6.85. The highest BCUT2D eigenvalue weighted by molar-refractivity contribution is 5.94. The molecule has 1 N–H and O–H groups in total. The highest BCUT2D eigenvalue weighted by atomic mass is 16.5. The molecule has 0 heterocycles. The van der Waals surface area contributed by atoms with Crippen molar-refractivity contribution in [3.8, 4) is 0 Å². The van der Waals surface area contributed by atoms with Gasteiger partial charge in [0.1, 0.15) is 6.10 Å². The second-order valence-electron chi connectivity index (χ2n) is 7.67. The van der Waals surface area contributed by atoms with Gasteiger partial charge in [0.2, 0.25) is 5.91 Å². The lowest BCUT2D eigenvalue weighted by Gasteiger charge is -2.28. The Labute approximate surface area is 167 Å². The SMILES string of the molecule is CCC(C)C(=O)Nc1ccc(C(=O)OC2CCC(c3ccccc3)CC2)cc1. The van der Waals surface area contributed by atoms with E-state index in [1.807, 2.05) is 19.9 Å². The zero-order valence-electron chi connectivity index (χ0n) is 16.7. The zero-order chi connectivity index (χ0) is 19.9. The molecule has 1 aliphatic carbocycles. The maximum Gasteiger partial charge on any atom is 0.338 e. The number of esters is 1. The monoisotopic (exact) mass is 379 g/mol. The standard InChI is InChI=1S/C24H29NO3/c1-3-17(2)23(26)25-21-13-9-20(10-14-21)24(27)28-22-15-11-19(12-16-22)18-7-5-4-6-8-18/h4-10,13-14,17,19,22H,3,11-12,15-16H2,1-2H3,(H,25,26). The number of nitrogens with one attached hydrogen (secondary N) is 1. The van der Waals surface area contributed by atoms with Crippen LogP contribution in [0.25, 0.3) is 0 Å². The van der Waals surface area contributed by atoms with E-state index in [2.05, 4.69) is 29.6 Å². The molecule has 1 unspecified atom stereocenters. The Morgan fingerprint density at radius 3 is 2.25 bits per heavy atom. The quantitative estimate of drug-likeness (QED) is 0.669. The minimum Gasteiger partial charge on any atom is -0.459 e. The van der Waals surface area contributed by atoms with Crippen LogP contribution in [-0.2, 0) is 9.53 Å². The van der Waals surface area contributed by atoms with Gasteiger partial charge < -0.3 is 10.1 Å². The summed E-state index contributed by atoms with van der Waals surface area (Å²) in [6.07, 6.45) is 4.66. The summed E-state index contributed by atoms with van der Waals surface area (Å²) in [4.78, 5) is 24.4. The molecule has 2 aromatic carbocycles. The van der Waals surface area contributed by atoms with Crippen molar-refractivity contribution in [2.45, 2.75) is 58.0 Å². The average Bonchev–Trinajstić information content (AvgIpc) is 2.74. The molecule has 1 fully saturated rings. The smallest absolute Gasteiger partial charge is 0.338 e. The van der Waals surface area contributed by atoms with Crippen LogP contribution in [0.2, 0.25) is 0 Å². The van der Waals surface area contributed by atoms with Crippen molar-refractivity contribution in [1.29, 1.82) is 0 Å². The minimum atomic E-state index is -0.289. The van der Waals surface area contributed by atoms with Crippen molar-refractivity contribution in [3.05, 3.63) is 65.7 Å². The third-order valence-electron chi connectivity index (χ3n) is 5.67. The number of carbonyl (C=O) groups is 2. The van der Waals surface area contributed by atoms with E-state index in [0.717, 1.165) is 32.1 Å². The fourth-order valence-electron chi connectivity index (χ4n) is 3.60. The topological polar surface area (TPSA) is 55.4 Å². The number of rotatable bonds is 6. The number of ether oxygens (including phenoxy) is 1. The van der Waals surface area contributed by atoms with E-state index in [4.69, 9.17) is 4.74 Å². The summed E-state index contributed by atoms with van der Waals surface area (Å²) < 4.78 is 5.71. The van der Waals surface area contributed by atoms with E-state index < -0.39 is 0 Å². The van der Waals surface area contributed by atoms with Crippen LogP contribution in [0.1, 0.15) is 67.8 Å². The molecule has 0 spiro atoms. The molecule has 1 aliphatic rings. The van der Waals surface area contributed by atoms with E-state index >= 15 is 0 Å². The van der Waals surface area contributed by atoms with Gasteiger partial charge in [0, 0.05) is 11.6 Å². The maximum absolute atomic E-state index is 12.4. The average molecular weight is 380 g/mol. The molecule has 4 heteroatoms. The van der Waals surface area contributed by atoms with Gasteiger partial charge in [0.15, 0.2) is 0 Å². The molecule has 1 saturated carbocycles. The summed E-state index contributed by atoms with van der Waals surface area (Å²) in [5, 5.41) is 2.87. The van der Waals surface area contributed by atoms with Gasteiger partial charge >= 0.3 is 5.97 Å². The Morgan fingerprint density at radius 1 is 1.00 bits per heavy atom. The van der Waals surface area contributed by atoms with Crippen molar-refractivity contribution < 1.29 is 14.3 Å². The van der Waals surface area contributed by atoms with Gasteiger partial charge in [-0.15, -0.1) is 0 Å². The largest absolute Gasteiger partial charge is 0.459 e. The van der Waals surface area contributed by atoms with E-state index in [9.17, 15) is 9.59 Å². The molecule has 0 aromatic heterocycles. The normalized spacial score (nSPS) is 20.2. The zero-order valence-corrected chi connectivity index (χ0v) is 16.7. The Balaban J connectivity index is 1.49. The van der Waals surface area contributed by atoms with Crippen molar-refractivity contribution in [2.24, 2.45) is 5.92 Å². The number of carbonyl (C=O) groups excluding carboxylic acids is 2. The summed E-state index contributed by atoms with van der Waals surface area (Å²) in [6, 6.07) is 17.5. The van der Waals surface area contributed by atoms with Crippen molar-refractivity contribution in [3.63, 3.8) is 0 Å². The first-order valence-corrected chi connectivity index (χ1v) is 10.2. The van der Waals surface area contributed by atoms with Crippen molar-refractivity contribution >= 4 is 17.6 Å². The summed E-state index contributed by atoms with van der Waals surface area (Å²) in [7, 11) is 0. The molecule has 0 saturated heterocycles. The van der Waals surface area contributed by atoms with E-state index in [-0.39, 0.29) is 23.9 Å². The predicted molar refractivity (Wildman–Crippen MR) is 111 cm³/mol. The molecule has 1 amide bonds. The van der Waals surface area contributed by atoms with Crippen LogP contribution in [0.5, 0.6) is 0 Å². The molecular weight excluding hydrogens is 350 g/mol.